The van der Waals surface area contributed by atoms with Crippen LogP contribution in [-0.4, -0.2) is 26.4 Å². The standard InChI is InChI=1S/C34H26N6.HI/c35-31(25-13-5-1-6-14-25)37-32(26-15-7-2-8-16-26)36-29-21-23-30(24-22-29)40-34(28-19-11-4-12-20-28)38-33(39-40)27-17-9-3-10-18-27;/h1-24H,(H2,35,36,37);1H. The average molecular weight is 647 g/mol. The molecular formula is C34H27IN6. The molecule has 0 unspecified atom stereocenters. The van der Waals surface area contributed by atoms with E-state index in [9.17, 15) is 0 Å². The Labute approximate surface area is 256 Å². The number of nitrogens with one attached hydrogen (secondary N) is 2. The van der Waals surface area contributed by atoms with Crippen molar-refractivity contribution in [2.75, 3.05) is 5.32 Å². The molecule has 0 amide bonds. The van der Waals surface area contributed by atoms with Crippen molar-refractivity contribution < 1.29 is 0 Å². The number of aromatic nitrogens is 3. The van der Waals surface area contributed by atoms with Gasteiger partial charge in [0.15, 0.2) is 17.5 Å². The van der Waals surface area contributed by atoms with Crippen LogP contribution in [0.2, 0.25) is 0 Å². The summed E-state index contributed by atoms with van der Waals surface area (Å²) in [6, 6.07) is 47.4. The van der Waals surface area contributed by atoms with Crippen LogP contribution in [0.25, 0.3) is 28.5 Å². The summed E-state index contributed by atoms with van der Waals surface area (Å²) < 4.78 is 1.87. The lowest BCUT2D eigenvalue weighted by atomic mass is 10.1. The van der Waals surface area contributed by atoms with Crippen molar-refractivity contribution in [3.05, 3.63) is 157 Å². The second-order valence-electron chi connectivity index (χ2n) is 9.12. The molecule has 200 valence electrons. The fourth-order valence-electron chi connectivity index (χ4n) is 4.33. The quantitative estimate of drug-likeness (QED) is 0.109. The molecule has 7 heteroatoms. The van der Waals surface area contributed by atoms with Gasteiger partial charge < -0.3 is 5.32 Å². The Morgan fingerprint density at radius 3 is 1.71 bits per heavy atom. The Bertz CT molecular complexity index is 1750. The molecule has 0 fully saturated rings. The summed E-state index contributed by atoms with van der Waals surface area (Å²) >= 11 is 0. The Morgan fingerprint density at radius 1 is 0.610 bits per heavy atom. The molecule has 5 aromatic carbocycles. The number of aliphatic imine (C=N–C) groups is 1. The number of anilines is 1. The van der Waals surface area contributed by atoms with Crippen LogP contribution in [0.5, 0.6) is 0 Å². The first-order valence-corrected chi connectivity index (χ1v) is 13.0. The second-order valence-corrected chi connectivity index (χ2v) is 9.12. The van der Waals surface area contributed by atoms with Crippen molar-refractivity contribution in [3.63, 3.8) is 0 Å². The molecule has 0 aliphatic carbocycles. The Balaban J connectivity index is 0.00000337. The zero-order valence-corrected chi connectivity index (χ0v) is 24.4. The van der Waals surface area contributed by atoms with E-state index in [2.05, 4.69) is 10.3 Å². The minimum Gasteiger partial charge on any atom is -0.340 e. The number of benzene rings is 5. The van der Waals surface area contributed by atoms with Gasteiger partial charge in [0.25, 0.3) is 0 Å². The van der Waals surface area contributed by atoms with Gasteiger partial charge in [-0.05, 0) is 24.3 Å². The highest BCUT2D eigenvalue weighted by molar-refractivity contribution is 14.0. The van der Waals surface area contributed by atoms with E-state index in [1.165, 1.54) is 0 Å². The van der Waals surface area contributed by atoms with Crippen LogP contribution >= 0.6 is 24.0 Å². The van der Waals surface area contributed by atoms with Gasteiger partial charge in [0.2, 0.25) is 0 Å². The van der Waals surface area contributed by atoms with Gasteiger partial charge in [-0.15, -0.1) is 29.1 Å². The first kappa shape index (κ1) is 27.7. The maximum absolute atomic E-state index is 8.55. The van der Waals surface area contributed by atoms with E-state index in [0.717, 1.165) is 39.5 Å². The highest BCUT2D eigenvalue weighted by Gasteiger charge is 2.15. The average Bonchev–Trinajstić information content (AvgIpc) is 3.48. The van der Waals surface area contributed by atoms with Gasteiger partial charge in [-0.25, -0.2) is 14.7 Å². The lowest BCUT2D eigenvalue weighted by Gasteiger charge is -2.12. The Hall–Kier alpha value is -4.89. The van der Waals surface area contributed by atoms with Crippen molar-refractivity contribution in [1.82, 2.24) is 14.8 Å². The third-order valence-electron chi connectivity index (χ3n) is 6.36. The largest absolute Gasteiger partial charge is 0.340 e. The maximum Gasteiger partial charge on any atom is 0.182 e. The molecule has 0 atom stereocenters. The molecule has 6 rings (SSSR count). The number of amidine groups is 2. The van der Waals surface area contributed by atoms with Crippen LogP contribution in [0.1, 0.15) is 11.1 Å². The summed E-state index contributed by atoms with van der Waals surface area (Å²) in [7, 11) is 0. The Kier molecular flexibility index (Phi) is 8.76. The summed E-state index contributed by atoms with van der Waals surface area (Å²) in [5.41, 5.74) is 5.31. The predicted octanol–water partition coefficient (Wildman–Crippen LogP) is 8.10. The molecule has 0 radical (unpaired) electrons. The van der Waals surface area contributed by atoms with Gasteiger partial charge in [0.1, 0.15) is 5.84 Å². The molecule has 0 aliphatic rings. The summed E-state index contributed by atoms with van der Waals surface area (Å²) in [6.07, 6.45) is 0. The number of nitrogens with zero attached hydrogens (tertiary/aromatic N) is 4. The van der Waals surface area contributed by atoms with Gasteiger partial charge in [0.05, 0.1) is 5.69 Å². The van der Waals surface area contributed by atoms with Gasteiger partial charge >= 0.3 is 0 Å². The molecule has 2 N–H and O–H groups in total. The van der Waals surface area contributed by atoms with E-state index < -0.39 is 0 Å². The van der Waals surface area contributed by atoms with Crippen molar-refractivity contribution in [2.24, 2.45) is 4.99 Å². The third kappa shape index (κ3) is 6.47. The van der Waals surface area contributed by atoms with Crippen LogP contribution in [0, 0.1) is 5.41 Å². The number of rotatable bonds is 6. The zero-order chi connectivity index (χ0) is 27.1. The minimum atomic E-state index is 0. The van der Waals surface area contributed by atoms with Crippen LogP contribution in [0.4, 0.5) is 5.69 Å². The second kappa shape index (κ2) is 13.0. The third-order valence-corrected chi connectivity index (χ3v) is 6.36. The summed E-state index contributed by atoms with van der Waals surface area (Å²) in [5, 5.41) is 16.8. The molecule has 0 spiro atoms. The molecule has 1 heterocycles. The van der Waals surface area contributed by atoms with Crippen LogP contribution < -0.4 is 5.32 Å². The summed E-state index contributed by atoms with van der Waals surface area (Å²) in [5.74, 6) is 2.22. The molecule has 6 aromatic rings. The van der Waals surface area contributed by atoms with Crippen LogP contribution in [0.3, 0.4) is 0 Å². The SMILES string of the molecule is I.N=C(N=C(Nc1ccc(-n2nc(-c3ccccc3)nc2-c2ccccc2)cc1)c1ccccc1)c1ccccc1. The topological polar surface area (TPSA) is 79.0 Å². The molecule has 1 aromatic heterocycles. The van der Waals surface area contributed by atoms with E-state index in [1.807, 2.05) is 150 Å². The predicted molar refractivity (Wildman–Crippen MR) is 178 cm³/mol. The molecule has 0 bridgehead atoms. The van der Waals surface area contributed by atoms with Gasteiger partial charge in [0, 0.05) is 27.9 Å². The molecule has 0 saturated carbocycles. The smallest absolute Gasteiger partial charge is 0.182 e. The minimum absolute atomic E-state index is 0. The number of halogens is 1. The lowest BCUT2D eigenvalue weighted by Crippen LogP contribution is -2.16. The van der Waals surface area contributed by atoms with Crippen molar-refractivity contribution in [1.29, 1.82) is 5.41 Å². The molecule has 0 saturated heterocycles. The van der Waals surface area contributed by atoms with E-state index in [0.29, 0.717) is 11.7 Å². The highest BCUT2D eigenvalue weighted by atomic mass is 127. The normalized spacial score (nSPS) is 11.0. The van der Waals surface area contributed by atoms with E-state index in [4.69, 9.17) is 15.5 Å². The zero-order valence-electron chi connectivity index (χ0n) is 22.1. The van der Waals surface area contributed by atoms with E-state index in [-0.39, 0.29) is 29.8 Å². The fourth-order valence-corrected chi connectivity index (χ4v) is 4.33. The molecule has 6 nitrogen and oxygen atoms in total. The van der Waals surface area contributed by atoms with Gasteiger partial charge in [-0.1, -0.05) is 121 Å². The first-order valence-electron chi connectivity index (χ1n) is 13.0. The molecule has 0 aliphatic heterocycles. The molecular weight excluding hydrogens is 619 g/mol. The molecule has 41 heavy (non-hydrogen) atoms. The van der Waals surface area contributed by atoms with Crippen molar-refractivity contribution in [3.8, 4) is 28.5 Å². The monoisotopic (exact) mass is 646 g/mol. The van der Waals surface area contributed by atoms with E-state index in [1.54, 1.807) is 0 Å². The van der Waals surface area contributed by atoms with Gasteiger partial charge in [-0.2, -0.15) is 0 Å². The van der Waals surface area contributed by atoms with Crippen LogP contribution in [0.15, 0.2) is 151 Å². The number of hydrogen-bond acceptors (Lipinski definition) is 3. The summed E-state index contributed by atoms with van der Waals surface area (Å²) in [4.78, 5) is 9.54. The van der Waals surface area contributed by atoms with Crippen LogP contribution in [-0.2, 0) is 0 Å². The maximum atomic E-state index is 8.55. The van der Waals surface area contributed by atoms with Gasteiger partial charge in [-0.3, -0.25) is 5.41 Å². The number of hydrogen-bond donors (Lipinski definition) is 2. The summed E-state index contributed by atoms with van der Waals surface area (Å²) in [6.45, 7) is 0. The Morgan fingerprint density at radius 2 is 1.12 bits per heavy atom. The van der Waals surface area contributed by atoms with Crippen molar-refractivity contribution in [2.45, 2.75) is 0 Å². The van der Waals surface area contributed by atoms with Crippen molar-refractivity contribution >= 4 is 41.3 Å². The first-order chi connectivity index (χ1) is 19.7. The van der Waals surface area contributed by atoms with E-state index >= 15 is 0 Å². The lowest BCUT2D eigenvalue weighted by molar-refractivity contribution is 0.891. The highest BCUT2D eigenvalue weighted by Crippen LogP contribution is 2.26. The fraction of sp³-hybridized carbons (Fsp3) is 0.